The van der Waals surface area contributed by atoms with Gasteiger partial charge in [0, 0.05) is 31.4 Å². The van der Waals surface area contributed by atoms with Crippen LogP contribution in [0.2, 0.25) is 0 Å². The second-order valence-corrected chi connectivity index (χ2v) is 3.97. The van der Waals surface area contributed by atoms with Crippen LogP contribution in [0.4, 0.5) is 10.1 Å². The van der Waals surface area contributed by atoms with Gasteiger partial charge in [0.1, 0.15) is 0 Å². The lowest BCUT2D eigenvalue weighted by Crippen LogP contribution is -2.15. The third-order valence-electron chi connectivity index (χ3n) is 2.64. The summed E-state index contributed by atoms with van der Waals surface area (Å²) in [5, 5.41) is 12.5. The van der Waals surface area contributed by atoms with Gasteiger partial charge < -0.3 is 15.0 Å². The van der Waals surface area contributed by atoms with Crippen molar-refractivity contribution >= 4 is 5.69 Å². The molecule has 2 aromatic rings. The van der Waals surface area contributed by atoms with Gasteiger partial charge in [-0.05, 0) is 12.1 Å². The third kappa shape index (κ3) is 2.51. The van der Waals surface area contributed by atoms with Crippen molar-refractivity contribution in [3.8, 4) is 5.75 Å². The smallest absolute Gasteiger partial charge is 0.250 e. The molecule has 5 heteroatoms. The summed E-state index contributed by atoms with van der Waals surface area (Å²) in [6, 6.07) is 7.44. The molecule has 0 saturated carbocycles. The van der Waals surface area contributed by atoms with Crippen LogP contribution >= 0.6 is 0 Å². The Hall–Kier alpha value is -2.30. The number of phenolic OH excluding ortho intramolecular Hbond substituents is 1. The number of phenols is 1. The average molecular weight is 248 g/mol. The van der Waals surface area contributed by atoms with Crippen molar-refractivity contribution in [1.82, 2.24) is 4.57 Å². The molecule has 94 valence electrons. The zero-order valence-electron chi connectivity index (χ0n) is 9.85. The fourth-order valence-electron chi connectivity index (χ4n) is 1.60. The molecule has 1 aromatic carbocycles. The minimum atomic E-state index is -0.644. The standard InChI is InChI=1S/C13H13FN2O2/c1-16-8-10(5-6-12(16)17)15-7-9-3-2-4-11(14)13(9)18/h2-6,8,15,18H,7H2,1H3. The number of para-hydroxylation sites is 1. The highest BCUT2D eigenvalue weighted by Gasteiger charge is 2.05. The fraction of sp³-hybridized carbons (Fsp3) is 0.154. The van der Waals surface area contributed by atoms with E-state index in [4.69, 9.17) is 0 Å². The van der Waals surface area contributed by atoms with Crippen LogP contribution in [0.15, 0.2) is 41.3 Å². The number of nitrogens with one attached hydrogen (secondary N) is 1. The second kappa shape index (κ2) is 4.91. The second-order valence-electron chi connectivity index (χ2n) is 3.97. The Labute approximate surface area is 103 Å². The van der Waals surface area contributed by atoms with Crippen molar-refractivity contribution in [3.63, 3.8) is 0 Å². The molecule has 1 heterocycles. The average Bonchev–Trinajstić information content (AvgIpc) is 2.35. The topological polar surface area (TPSA) is 54.3 Å². The van der Waals surface area contributed by atoms with Gasteiger partial charge in [0.25, 0.3) is 0 Å². The van der Waals surface area contributed by atoms with Gasteiger partial charge in [-0.15, -0.1) is 0 Å². The Bertz CT molecular complexity index is 623. The van der Waals surface area contributed by atoms with Crippen LogP contribution in [0.25, 0.3) is 0 Å². The summed E-state index contributed by atoms with van der Waals surface area (Å²) >= 11 is 0. The molecular weight excluding hydrogens is 235 g/mol. The maximum atomic E-state index is 13.1. The fourth-order valence-corrected chi connectivity index (χ4v) is 1.60. The van der Waals surface area contributed by atoms with Crippen LogP contribution in [0.5, 0.6) is 5.75 Å². The predicted octanol–water partition coefficient (Wildman–Crippen LogP) is 1.84. The SMILES string of the molecule is Cn1cc(NCc2cccc(F)c2O)ccc1=O. The Morgan fingerprint density at radius 2 is 2.11 bits per heavy atom. The Morgan fingerprint density at radius 1 is 1.33 bits per heavy atom. The van der Waals surface area contributed by atoms with Crippen molar-refractivity contribution in [1.29, 1.82) is 0 Å². The van der Waals surface area contributed by atoms with Crippen LogP contribution < -0.4 is 10.9 Å². The zero-order valence-corrected chi connectivity index (χ0v) is 9.85. The van der Waals surface area contributed by atoms with Crippen molar-refractivity contribution in [2.45, 2.75) is 6.54 Å². The van der Waals surface area contributed by atoms with Crippen LogP contribution in [-0.2, 0) is 13.6 Å². The molecule has 18 heavy (non-hydrogen) atoms. The van der Waals surface area contributed by atoms with Crippen molar-refractivity contribution in [2.24, 2.45) is 7.05 Å². The molecule has 0 fully saturated rings. The molecule has 0 bridgehead atoms. The van der Waals surface area contributed by atoms with Gasteiger partial charge in [-0.3, -0.25) is 4.79 Å². The van der Waals surface area contributed by atoms with Gasteiger partial charge in [-0.25, -0.2) is 4.39 Å². The molecule has 0 aliphatic carbocycles. The highest BCUT2D eigenvalue weighted by atomic mass is 19.1. The van der Waals surface area contributed by atoms with Crippen molar-refractivity contribution in [3.05, 3.63) is 58.3 Å². The number of pyridine rings is 1. The van der Waals surface area contributed by atoms with E-state index in [1.54, 1.807) is 25.4 Å². The number of nitrogens with zero attached hydrogens (tertiary/aromatic N) is 1. The molecule has 0 spiro atoms. The van der Waals surface area contributed by atoms with E-state index >= 15 is 0 Å². The molecule has 0 amide bonds. The van der Waals surface area contributed by atoms with Gasteiger partial charge in [0.15, 0.2) is 11.6 Å². The predicted molar refractivity (Wildman–Crippen MR) is 67.1 cm³/mol. The molecular formula is C13H13FN2O2. The molecule has 2 rings (SSSR count). The molecule has 0 saturated heterocycles. The lowest BCUT2D eigenvalue weighted by molar-refractivity contribution is 0.427. The Kier molecular flexibility index (Phi) is 3.32. The number of hydrogen-bond acceptors (Lipinski definition) is 3. The van der Waals surface area contributed by atoms with Crippen LogP contribution in [0, 0.1) is 5.82 Å². The van der Waals surface area contributed by atoms with Gasteiger partial charge in [-0.1, -0.05) is 12.1 Å². The summed E-state index contributed by atoms with van der Waals surface area (Å²) in [5.74, 6) is -0.996. The molecule has 2 N–H and O–H groups in total. The number of rotatable bonds is 3. The van der Waals surface area contributed by atoms with E-state index < -0.39 is 5.82 Å². The maximum Gasteiger partial charge on any atom is 0.250 e. The van der Waals surface area contributed by atoms with E-state index in [9.17, 15) is 14.3 Å². The van der Waals surface area contributed by atoms with Crippen molar-refractivity contribution in [2.75, 3.05) is 5.32 Å². The minimum Gasteiger partial charge on any atom is -0.505 e. The maximum absolute atomic E-state index is 13.1. The normalized spacial score (nSPS) is 10.3. The monoisotopic (exact) mass is 248 g/mol. The zero-order chi connectivity index (χ0) is 13.1. The van der Waals surface area contributed by atoms with E-state index in [2.05, 4.69) is 5.32 Å². The lowest BCUT2D eigenvalue weighted by atomic mass is 10.2. The highest BCUT2D eigenvalue weighted by Crippen LogP contribution is 2.21. The number of aromatic hydroxyl groups is 1. The quantitative estimate of drug-likeness (QED) is 0.871. The van der Waals surface area contributed by atoms with Gasteiger partial charge in [0.2, 0.25) is 5.56 Å². The van der Waals surface area contributed by atoms with Gasteiger partial charge in [-0.2, -0.15) is 0 Å². The highest BCUT2D eigenvalue weighted by molar-refractivity contribution is 5.43. The number of anilines is 1. The number of aryl methyl sites for hydroxylation is 1. The number of benzene rings is 1. The molecule has 4 nitrogen and oxygen atoms in total. The number of halogens is 1. The Morgan fingerprint density at radius 3 is 2.83 bits per heavy atom. The molecule has 0 aliphatic heterocycles. The first-order chi connectivity index (χ1) is 8.58. The molecule has 0 aliphatic rings. The molecule has 1 aromatic heterocycles. The van der Waals surface area contributed by atoms with E-state index in [1.807, 2.05) is 0 Å². The number of aromatic nitrogens is 1. The van der Waals surface area contributed by atoms with Crippen LogP contribution in [0.3, 0.4) is 0 Å². The first-order valence-corrected chi connectivity index (χ1v) is 5.45. The van der Waals surface area contributed by atoms with E-state index in [0.29, 0.717) is 5.56 Å². The third-order valence-corrected chi connectivity index (χ3v) is 2.64. The van der Waals surface area contributed by atoms with Crippen LogP contribution in [0.1, 0.15) is 5.56 Å². The molecule has 0 radical (unpaired) electrons. The summed E-state index contributed by atoms with van der Waals surface area (Å²) in [5.41, 5.74) is 1.08. The lowest BCUT2D eigenvalue weighted by Gasteiger charge is -2.09. The minimum absolute atomic E-state index is 0.103. The van der Waals surface area contributed by atoms with Crippen LogP contribution in [-0.4, -0.2) is 9.67 Å². The summed E-state index contributed by atoms with van der Waals surface area (Å²) in [7, 11) is 1.65. The van der Waals surface area contributed by atoms with E-state index in [0.717, 1.165) is 5.69 Å². The first kappa shape index (κ1) is 12.2. The largest absolute Gasteiger partial charge is 0.505 e. The summed E-state index contributed by atoms with van der Waals surface area (Å²) in [6.07, 6.45) is 1.64. The summed E-state index contributed by atoms with van der Waals surface area (Å²) < 4.78 is 14.5. The van der Waals surface area contributed by atoms with E-state index in [1.165, 1.54) is 22.8 Å². The summed E-state index contributed by atoms with van der Waals surface area (Å²) in [4.78, 5) is 11.2. The Balaban J connectivity index is 2.14. The summed E-state index contributed by atoms with van der Waals surface area (Å²) in [6.45, 7) is 0.280. The first-order valence-electron chi connectivity index (χ1n) is 5.45. The van der Waals surface area contributed by atoms with Crippen molar-refractivity contribution < 1.29 is 9.50 Å². The molecule has 0 unspecified atom stereocenters. The van der Waals surface area contributed by atoms with Gasteiger partial charge in [0.05, 0.1) is 5.69 Å². The molecule has 0 atom stereocenters. The van der Waals surface area contributed by atoms with Gasteiger partial charge >= 0.3 is 0 Å². The number of hydrogen-bond donors (Lipinski definition) is 2. The van der Waals surface area contributed by atoms with E-state index in [-0.39, 0.29) is 17.9 Å².